The summed E-state index contributed by atoms with van der Waals surface area (Å²) in [4.78, 5) is 12.6. The van der Waals surface area contributed by atoms with Crippen molar-refractivity contribution in [3.63, 3.8) is 0 Å². The molecule has 0 bridgehead atoms. The molecule has 1 unspecified atom stereocenters. The lowest BCUT2D eigenvalue weighted by molar-refractivity contribution is 0.0914. The smallest absolute Gasteiger partial charge is 0.287 e. The fraction of sp³-hybridized carbons (Fsp3) is 0.250. The largest absolute Gasteiger partial charge is 0.493 e. The number of fused-ring (bicyclic) bond motifs is 1. The van der Waals surface area contributed by atoms with Crippen molar-refractivity contribution in [1.29, 1.82) is 0 Å². The summed E-state index contributed by atoms with van der Waals surface area (Å²) in [6, 6.07) is 15.3. The van der Waals surface area contributed by atoms with Crippen LogP contribution in [0.1, 0.15) is 34.6 Å². The van der Waals surface area contributed by atoms with Crippen LogP contribution in [0.15, 0.2) is 52.9 Å². The molecular formula is C20H22N2O3. The van der Waals surface area contributed by atoms with Crippen LogP contribution in [0.3, 0.4) is 0 Å². The van der Waals surface area contributed by atoms with Gasteiger partial charge in [0.1, 0.15) is 0 Å². The van der Waals surface area contributed by atoms with Crippen molar-refractivity contribution in [1.82, 2.24) is 10.6 Å². The maximum atomic E-state index is 12.6. The lowest BCUT2D eigenvalue weighted by Gasteiger charge is -2.12. The van der Waals surface area contributed by atoms with Gasteiger partial charge >= 0.3 is 0 Å². The van der Waals surface area contributed by atoms with Crippen LogP contribution in [0.5, 0.6) is 5.75 Å². The van der Waals surface area contributed by atoms with Gasteiger partial charge in [0.2, 0.25) is 0 Å². The SMILES string of the molecule is CNCc1ccc(OC)c2oc(C(=O)NC(C)c3ccccc3)cc12. The van der Waals surface area contributed by atoms with Gasteiger partial charge in [0.05, 0.1) is 13.2 Å². The number of hydrogen-bond acceptors (Lipinski definition) is 4. The summed E-state index contributed by atoms with van der Waals surface area (Å²) in [5, 5.41) is 6.98. The number of furan rings is 1. The summed E-state index contributed by atoms with van der Waals surface area (Å²) in [6.07, 6.45) is 0. The number of ether oxygens (including phenoxy) is 1. The van der Waals surface area contributed by atoms with E-state index in [-0.39, 0.29) is 17.7 Å². The Morgan fingerprint density at radius 2 is 1.96 bits per heavy atom. The third kappa shape index (κ3) is 3.51. The van der Waals surface area contributed by atoms with E-state index in [0.29, 0.717) is 17.9 Å². The molecule has 0 aliphatic heterocycles. The minimum absolute atomic E-state index is 0.111. The van der Waals surface area contributed by atoms with Crippen molar-refractivity contribution in [3.8, 4) is 5.75 Å². The fourth-order valence-electron chi connectivity index (χ4n) is 2.86. The zero-order valence-electron chi connectivity index (χ0n) is 14.6. The normalized spacial score (nSPS) is 12.1. The molecule has 130 valence electrons. The van der Waals surface area contributed by atoms with Gasteiger partial charge in [0.25, 0.3) is 5.91 Å². The Bertz CT molecular complexity index is 871. The maximum absolute atomic E-state index is 12.6. The molecule has 0 saturated heterocycles. The van der Waals surface area contributed by atoms with Crippen molar-refractivity contribution in [3.05, 3.63) is 65.4 Å². The number of hydrogen-bond donors (Lipinski definition) is 2. The standard InChI is InChI=1S/C20H22N2O3/c1-13(14-7-5-4-6-8-14)22-20(23)18-11-16-15(12-21-2)9-10-17(24-3)19(16)25-18/h4-11,13,21H,12H2,1-3H3,(H,22,23). The molecule has 0 fully saturated rings. The van der Waals surface area contributed by atoms with Gasteiger partial charge in [-0.2, -0.15) is 0 Å². The molecule has 1 amide bonds. The van der Waals surface area contributed by atoms with Gasteiger partial charge in [-0.1, -0.05) is 36.4 Å². The number of methoxy groups -OCH3 is 1. The molecule has 0 aliphatic carbocycles. The predicted molar refractivity (Wildman–Crippen MR) is 97.9 cm³/mol. The molecule has 1 atom stereocenters. The number of carbonyl (C=O) groups is 1. The Morgan fingerprint density at radius 3 is 2.64 bits per heavy atom. The lowest BCUT2D eigenvalue weighted by Crippen LogP contribution is -2.26. The molecule has 0 aliphatic rings. The first-order chi connectivity index (χ1) is 12.1. The number of amides is 1. The maximum Gasteiger partial charge on any atom is 0.287 e. The highest BCUT2D eigenvalue weighted by atomic mass is 16.5. The first-order valence-corrected chi connectivity index (χ1v) is 8.24. The highest BCUT2D eigenvalue weighted by Gasteiger charge is 2.19. The zero-order chi connectivity index (χ0) is 17.8. The molecule has 25 heavy (non-hydrogen) atoms. The molecule has 1 heterocycles. The van der Waals surface area contributed by atoms with Gasteiger partial charge < -0.3 is 19.8 Å². The van der Waals surface area contributed by atoms with E-state index in [9.17, 15) is 4.79 Å². The molecule has 0 radical (unpaired) electrons. The lowest BCUT2D eigenvalue weighted by atomic mass is 10.1. The van der Waals surface area contributed by atoms with E-state index >= 15 is 0 Å². The monoisotopic (exact) mass is 338 g/mol. The number of carbonyl (C=O) groups excluding carboxylic acids is 1. The number of rotatable bonds is 6. The molecule has 1 aromatic heterocycles. The first kappa shape index (κ1) is 17.0. The van der Waals surface area contributed by atoms with E-state index < -0.39 is 0 Å². The molecule has 0 saturated carbocycles. The third-order valence-electron chi connectivity index (χ3n) is 4.20. The van der Waals surface area contributed by atoms with Crippen LogP contribution in [-0.2, 0) is 6.54 Å². The molecule has 3 aromatic rings. The second-order valence-electron chi connectivity index (χ2n) is 5.92. The summed E-state index contributed by atoms with van der Waals surface area (Å²) in [7, 11) is 3.47. The number of nitrogens with one attached hydrogen (secondary N) is 2. The van der Waals surface area contributed by atoms with E-state index in [4.69, 9.17) is 9.15 Å². The highest BCUT2D eigenvalue weighted by molar-refractivity contribution is 5.98. The Kier molecular flexibility index (Phi) is 5.05. The van der Waals surface area contributed by atoms with Crippen molar-refractivity contribution in [2.45, 2.75) is 19.5 Å². The summed E-state index contributed by atoms with van der Waals surface area (Å²) in [6.45, 7) is 2.63. The topological polar surface area (TPSA) is 63.5 Å². The van der Waals surface area contributed by atoms with Crippen LogP contribution in [-0.4, -0.2) is 20.1 Å². The summed E-state index contributed by atoms with van der Waals surface area (Å²) in [5.74, 6) is 0.648. The Morgan fingerprint density at radius 1 is 1.20 bits per heavy atom. The minimum Gasteiger partial charge on any atom is -0.493 e. The van der Waals surface area contributed by atoms with Gasteiger partial charge in [-0.3, -0.25) is 4.79 Å². The Hall–Kier alpha value is -2.79. The fourth-order valence-corrected chi connectivity index (χ4v) is 2.86. The quantitative estimate of drug-likeness (QED) is 0.720. The third-order valence-corrected chi connectivity index (χ3v) is 4.20. The van der Waals surface area contributed by atoms with Crippen molar-refractivity contribution in [2.75, 3.05) is 14.2 Å². The molecule has 5 nitrogen and oxygen atoms in total. The van der Waals surface area contributed by atoms with Crippen molar-refractivity contribution < 1.29 is 13.9 Å². The first-order valence-electron chi connectivity index (χ1n) is 8.24. The number of benzene rings is 2. The summed E-state index contributed by atoms with van der Waals surface area (Å²) in [5.41, 5.74) is 2.69. The average molecular weight is 338 g/mol. The average Bonchev–Trinajstić information content (AvgIpc) is 3.09. The van der Waals surface area contributed by atoms with Gasteiger partial charge in [-0.15, -0.1) is 0 Å². The van der Waals surface area contributed by atoms with Gasteiger partial charge in [-0.05, 0) is 37.2 Å². The predicted octanol–water partition coefficient (Wildman–Crippen LogP) is 3.65. The second-order valence-corrected chi connectivity index (χ2v) is 5.92. The van der Waals surface area contributed by atoms with Gasteiger partial charge in [0, 0.05) is 11.9 Å². The van der Waals surface area contributed by atoms with Gasteiger partial charge in [-0.25, -0.2) is 0 Å². The Balaban J connectivity index is 1.90. The van der Waals surface area contributed by atoms with Crippen molar-refractivity contribution >= 4 is 16.9 Å². The second kappa shape index (κ2) is 7.40. The zero-order valence-corrected chi connectivity index (χ0v) is 14.6. The summed E-state index contributed by atoms with van der Waals surface area (Å²) >= 11 is 0. The molecular weight excluding hydrogens is 316 g/mol. The van der Waals surface area contributed by atoms with Crippen LogP contribution in [0.2, 0.25) is 0 Å². The molecule has 2 N–H and O–H groups in total. The van der Waals surface area contributed by atoms with Crippen LogP contribution in [0.4, 0.5) is 0 Å². The molecule has 2 aromatic carbocycles. The van der Waals surface area contributed by atoms with E-state index in [1.165, 1.54) is 0 Å². The summed E-state index contributed by atoms with van der Waals surface area (Å²) < 4.78 is 11.2. The highest BCUT2D eigenvalue weighted by Crippen LogP contribution is 2.31. The van der Waals surface area contributed by atoms with Gasteiger partial charge in [0.15, 0.2) is 17.1 Å². The minimum atomic E-state index is -0.245. The molecule has 0 spiro atoms. The van der Waals surface area contributed by atoms with Crippen molar-refractivity contribution in [2.24, 2.45) is 0 Å². The van der Waals surface area contributed by atoms with E-state index in [1.807, 2.05) is 56.4 Å². The van der Waals surface area contributed by atoms with E-state index in [1.54, 1.807) is 13.2 Å². The molecule has 5 heteroatoms. The van der Waals surface area contributed by atoms with E-state index in [0.717, 1.165) is 16.5 Å². The van der Waals surface area contributed by atoms with Crippen LogP contribution >= 0.6 is 0 Å². The van der Waals surface area contributed by atoms with E-state index in [2.05, 4.69) is 10.6 Å². The van der Waals surface area contributed by atoms with Crippen LogP contribution in [0.25, 0.3) is 11.0 Å². The van der Waals surface area contributed by atoms with Crippen LogP contribution in [0, 0.1) is 0 Å². The Labute approximate surface area is 147 Å². The van der Waals surface area contributed by atoms with Crippen LogP contribution < -0.4 is 15.4 Å². The molecule has 3 rings (SSSR count).